The van der Waals surface area contributed by atoms with E-state index in [9.17, 15) is 0 Å². The fourth-order valence-electron chi connectivity index (χ4n) is 6.32. The first kappa shape index (κ1) is 13.0. The Hall–Kier alpha value is -0.0400. The molecule has 1 atom stereocenters. The lowest BCUT2D eigenvalue weighted by molar-refractivity contribution is -0.0917. The molecule has 0 amide bonds. The largest absolute Gasteiger partial charge is 0.330 e. The Labute approximate surface area is 113 Å². The molecule has 104 valence electrons. The molecule has 4 aliphatic rings. The van der Waals surface area contributed by atoms with Gasteiger partial charge in [0.25, 0.3) is 0 Å². The van der Waals surface area contributed by atoms with Gasteiger partial charge in [-0.2, -0.15) is 0 Å². The van der Waals surface area contributed by atoms with Gasteiger partial charge in [-0.1, -0.05) is 20.8 Å². The van der Waals surface area contributed by atoms with E-state index in [1.807, 2.05) is 0 Å². The van der Waals surface area contributed by atoms with Gasteiger partial charge in [-0.3, -0.25) is 0 Å². The summed E-state index contributed by atoms with van der Waals surface area (Å²) in [5, 5.41) is 0. The Morgan fingerprint density at radius 3 is 1.94 bits per heavy atom. The molecule has 0 spiro atoms. The molecule has 0 aromatic carbocycles. The van der Waals surface area contributed by atoms with Crippen molar-refractivity contribution in [3.05, 3.63) is 0 Å². The van der Waals surface area contributed by atoms with Gasteiger partial charge < -0.3 is 5.73 Å². The van der Waals surface area contributed by atoms with Crippen molar-refractivity contribution >= 4 is 0 Å². The second-order valence-electron chi connectivity index (χ2n) is 8.49. The normalized spacial score (nSPS) is 44.3. The van der Waals surface area contributed by atoms with Crippen LogP contribution in [0.2, 0.25) is 0 Å². The van der Waals surface area contributed by atoms with E-state index >= 15 is 0 Å². The van der Waals surface area contributed by atoms with Crippen LogP contribution >= 0.6 is 0 Å². The lowest BCUT2D eigenvalue weighted by Gasteiger charge is -2.59. The Morgan fingerprint density at radius 1 is 1.00 bits per heavy atom. The van der Waals surface area contributed by atoms with Crippen LogP contribution in [-0.4, -0.2) is 6.54 Å². The maximum absolute atomic E-state index is 5.85. The van der Waals surface area contributed by atoms with Gasteiger partial charge in [0.05, 0.1) is 0 Å². The molecule has 0 radical (unpaired) electrons. The van der Waals surface area contributed by atoms with Crippen molar-refractivity contribution in [3.63, 3.8) is 0 Å². The molecule has 4 aliphatic carbocycles. The Kier molecular flexibility index (Phi) is 3.25. The van der Waals surface area contributed by atoms with E-state index in [1.54, 1.807) is 32.1 Å². The fraction of sp³-hybridized carbons (Fsp3) is 1.00. The second kappa shape index (κ2) is 4.51. The van der Waals surface area contributed by atoms with Crippen molar-refractivity contribution in [3.8, 4) is 0 Å². The molecule has 0 aliphatic heterocycles. The Bertz CT molecular complexity index is 279. The molecule has 4 fully saturated rings. The molecule has 4 saturated carbocycles. The number of rotatable bonds is 4. The van der Waals surface area contributed by atoms with Crippen molar-refractivity contribution in [1.82, 2.24) is 0 Å². The van der Waals surface area contributed by atoms with Crippen LogP contribution in [0.4, 0.5) is 0 Å². The van der Waals surface area contributed by atoms with Gasteiger partial charge in [0.15, 0.2) is 0 Å². The average molecular weight is 249 g/mol. The highest BCUT2D eigenvalue weighted by Gasteiger charge is 2.52. The van der Waals surface area contributed by atoms with E-state index in [2.05, 4.69) is 20.8 Å². The minimum absolute atomic E-state index is 0.515. The van der Waals surface area contributed by atoms with Crippen LogP contribution in [0.1, 0.15) is 59.3 Å². The van der Waals surface area contributed by atoms with Crippen LogP contribution in [-0.2, 0) is 0 Å². The smallest absolute Gasteiger partial charge is 0.00513 e. The first-order valence-corrected chi connectivity index (χ1v) is 8.19. The fourth-order valence-corrected chi connectivity index (χ4v) is 6.32. The first-order valence-electron chi connectivity index (χ1n) is 8.19. The molecule has 1 heteroatoms. The van der Waals surface area contributed by atoms with Crippen molar-refractivity contribution < 1.29 is 0 Å². The summed E-state index contributed by atoms with van der Waals surface area (Å²) >= 11 is 0. The van der Waals surface area contributed by atoms with E-state index in [0.29, 0.717) is 11.3 Å². The summed E-state index contributed by atoms with van der Waals surface area (Å²) in [5.74, 6) is 6.01. The zero-order chi connectivity index (χ0) is 12.9. The SMILES string of the molecule is CC(CN)CC(C)(C)C1C2CC3CC(C2)CC1C3. The predicted molar refractivity (Wildman–Crippen MR) is 77.2 cm³/mol. The van der Waals surface area contributed by atoms with E-state index in [0.717, 1.165) is 36.1 Å². The molecule has 18 heavy (non-hydrogen) atoms. The lowest BCUT2D eigenvalue weighted by atomic mass is 9.46. The first-order chi connectivity index (χ1) is 8.49. The zero-order valence-corrected chi connectivity index (χ0v) is 12.5. The molecular formula is C17H31N. The topological polar surface area (TPSA) is 26.0 Å². The van der Waals surface area contributed by atoms with Gasteiger partial charge in [0, 0.05) is 0 Å². The Morgan fingerprint density at radius 2 is 1.50 bits per heavy atom. The van der Waals surface area contributed by atoms with Crippen molar-refractivity contribution in [1.29, 1.82) is 0 Å². The lowest BCUT2D eigenvalue weighted by Crippen LogP contribution is -2.50. The minimum atomic E-state index is 0.515. The third-order valence-corrected chi connectivity index (χ3v) is 6.41. The molecule has 2 N–H and O–H groups in total. The monoisotopic (exact) mass is 249 g/mol. The van der Waals surface area contributed by atoms with E-state index in [-0.39, 0.29) is 0 Å². The van der Waals surface area contributed by atoms with Crippen LogP contribution in [0.15, 0.2) is 0 Å². The third kappa shape index (κ3) is 2.13. The summed E-state index contributed by atoms with van der Waals surface area (Å²) in [6, 6.07) is 0. The van der Waals surface area contributed by atoms with Crippen LogP contribution in [0.25, 0.3) is 0 Å². The number of hydrogen-bond acceptors (Lipinski definition) is 1. The third-order valence-electron chi connectivity index (χ3n) is 6.41. The number of nitrogens with two attached hydrogens (primary N) is 1. The molecule has 0 aromatic heterocycles. The van der Waals surface area contributed by atoms with Crippen LogP contribution < -0.4 is 5.73 Å². The summed E-state index contributed by atoms with van der Waals surface area (Å²) in [7, 11) is 0. The molecule has 4 bridgehead atoms. The molecule has 1 nitrogen and oxygen atoms in total. The van der Waals surface area contributed by atoms with Crippen molar-refractivity contribution in [2.45, 2.75) is 59.3 Å². The summed E-state index contributed by atoms with van der Waals surface area (Å²) < 4.78 is 0. The molecule has 0 aromatic rings. The molecule has 1 unspecified atom stereocenters. The summed E-state index contributed by atoms with van der Waals surface area (Å²) in [6.07, 6.45) is 9.11. The highest BCUT2D eigenvalue weighted by Crippen LogP contribution is 2.61. The van der Waals surface area contributed by atoms with Gasteiger partial charge in [-0.05, 0) is 86.0 Å². The van der Waals surface area contributed by atoms with Gasteiger partial charge in [-0.15, -0.1) is 0 Å². The molecule has 0 heterocycles. The van der Waals surface area contributed by atoms with Crippen LogP contribution in [0.5, 0.6) is 0 Å². The van der Waals surface area contributed by atoms with E-state index in [1.165, 1.54) is 6.42 Å². The second-order valence-corrected chi connectivity index (χ2v) is 8.49. The molecule has 0 saturated heterocycles. The van der Waals surface area contributed by atoms with Crippen molar-refractivity contribution in [2.75, 3.05) is 6.54 Å². The summed E-state index contributed by atoms with van der Waals surface area (Å²) in [5.41, 5.74) is 6.37. The zero-order valence-electron chi connectivity index (χ0n) is 12.5. The summed E-state index contributed by atoms with van der Waals surface area (Å²) in [4.78, 5) is 0. The van der Waals surface area contributed by atoms with E-state index < -0.39 is 0 Å². The predicted octanol–water partition coefficient (Wildman–Crippen LogP) is 4.07. The maximum atomic E-state index is 5.85. The number of hydrogen-bond donors (Lipinski definition) is 1. The summed E-state index contributed by atoms with van der Waals surface area (Å²) in [6.45, 7) is 8.26. The van der Waals surface area contributed by atoms with E-state index in [4.69, 9.17) is 5.73 Å². The van der Waals surface area contributed by atoms with Gasteiger partial charge in [-0.25, -0.2) is 0 Å². The molecular weight excluding hydrogens is 218 g/mol. The standard InChI is InChI=1S/C17H31N/c1-11(10-18)9-17(2,3)16-14-5-12-4-13(7-14)8-15(16)6-12/h11-16H,4-10,18H2,1-3H3. The maximum Gasteiger partial charge on any atom is -0.00513 e. The van der Waals surface area contributed by atoms with Gasteiger partial charge >= 0.3 is 0 Å². The van der Waals surface area contributed by atoms with Crippen LogP contribution in [0.3, 0.4) is 0 Å². The quantitative estimate of drug-likeness (QED) is 0.798. The minimum Gasteiger partial charge on any atom is -0.330 e. The van der Waals surface area contributed by atoms with Gasteiger partial charge in [0.2, 0.25) is 0 Å². The highest BCUT2D eigenvalue weighted by molar-refractivity contribution is 5.02. The van der Waals surface area contributed by atoms with Gasteiger partial charge in [0.1, 0.15) is 0 Å². The van der Waals surface area contributed by atoms with Crippen molar-refractivity contribution in [2.24, 2.45) is 46.7 Å². The Balaban J connectivity index is 1.75. The average Bonchev–Trinajstić information content (AvgIpc) is 2.26. The highest BCUT2D eigenvalue weighted by atomic mass is 14.6. The molecule has 4 rings (SSSR count). The van der Waals surface area contributed by atoms with Crippen LogP contribution in [0, 0.1) is 40.9 Å².